The van der Waals surface area contributed by atoms with Gasteiger partial charge in [0.1, 0.15) is 5.82 Å². The van der Waals surface area contributed by atoms with Gasteiger partial charge in [0.2, 0.25) is 0 Å². The third kappa shape index (κ3) is 4.71. The van der Waals surface area contributed by atoms with Gasteiger partial charge in [-0.3, -0.25) is 9.97 Å². The van der Waals surface area contributed by atoms with E-state index in [-0.39, 0.29) is 12.1 Å². The Morgan fingerprint density at radius 3 is 2.81 bits per heavy atom. The first kappa shape index (κ1) is 20.8. The molecule has 7 nitrogen and oxygen atoms in total. The number of rotatable bonds is 6. The molecule has 32 heavy (non-hydrogen) atoms. The van der Waals surface area contributed by atoms with E-state index in [2.05, 4.69) is 37.7 Å². The molecular formula is C24H26N6OS. The van der Waals surface area contributed by atoms with Crippen molar-refractivity contribution in [3.8, 4) is 11.3 Å². The lowest BCUT2D eigenvalue weighted by Crippen LogP contribution is -2.36. The fraction of sp³-hybridized carbons (Fsp3) is 0.333. The Kier molecular flexibility index (Phi) is 5.96. The first-order chi connectivity index (χ1) is 15.6. The Morgan fingerprint density at radius 2 is 1.97 bits per heavy atom. The zero-order valence-corrected chi connectivity index (χ0v) is 18.8. The summed E-state index contributed by atoms with van der Waals surface area (Å²) in [6, 6.07) is 10.4. The van der Waals surface area contributed by atoms with Crippen LogP contribution in [0.5, 0.6) is 0 Å². The van der Waals surface area contributed by atoms with Crippen LogP contribution in [0.4, 0.5) is 10.9 Å². The summed E-state index contributed by atoms with van der Waals surface area (Å²) in [5.74, 6) is 0.723. The molecule has 0 amide bonds. The lowest BCUT2D eigenvalue weighted by molar-refractivity contribution is 0.116. The summed E-state index contributed by atoms with van der Waals surface area (Å²) < 4.78 is 1.13. The van der Waals surface area contributed by atoms with Gasteiger partial charge in [-0.2, -0.15) is 0 Å². The van der Waals surface area contributed by atoms with E-state index in [0.717, 1.165) is 69.4 Å². The number of aliphatic hydroxyl groups is 1. The number of fused-ring (bicyclic) bond motifs is 1. The summed E-state index contributed by atoms with van der Waals surface area (Å²) in [5, 5.41) is 17.9. The molecule has 0 aliphatic heterocycles. The second-order valence-electron chi connectivity index (χ2n) is 8.26. The molecular weight excluding hydrogens is 420 g/mol. The first-order valence-electron chi connectivity index (χ1n) is 11.0. The van der Waals surface area contributed by atoms with Gasteiger partial charge in [-0.15, -0.1) is 0 Å². The molecule has 8 heteroatoms. The molecule has 1 aromatic carbocycles. The van der Waals surface area contributed by atoms with Gasteiger partial charge in [-0.05, 0) is 49.6 Å². The van der Waals surface area contributed by atoms with Crippen LogP contribution in [0.3, 0.4) is 0 Å². The third-order valence-electron chi connectivity index (χ3n) is 5.81. The van der Waals surface area contributed by atoms with E-state index in [1.165, 1.54) is 0 Å². The van der Waals surface area contributed by atoms with Crippen molar-refractivity contribution in [2.24, 2.45) is 0 Å². The quantitative estimate of drug-likeness (QED) is 0.392. The average molecular weight is 447 g/mol. The molecule has 1 aliphatic rings. The Hall–Kier alpha value is -3.10. The number of thiazole rings is 1. The van der Waals surface area contributed by atoms with Crippen molar-refractivity contribution in [3.63, 3.8) is 0 Å². The first-order valence-corrected chi connectivity index (χ1v) is 11.8. The van der Waals surface area contributed by atoms with Crippen molar-refractivity contribution < 1.29 is 5.11 Å². The van der Waals surface area contributed by atoms with E-state index in [9.17, 15) is 5.11 Å². The minimum absolute atomic E-state index is 0.0972. The Morgan fingerprint density at radius 1 is 1.06 bits per heavy atom. The molecule has 0 saturated heterocycles. The third-order valence-corrected chi connectivity index (χ3v) is 6.76. The normalized spacial score (nSPS) is 18.6. The van der Waals surface area contributed by atoms with E-state index in [0.29, 0.717) is 6.54 Å². The SMILES string of the molecule is Cc1ccc(-c2cncc(NCc3ccc4nc(NC5CCCC[C@H]5O)sc4c3)n2)cn1. The van der Waals surface area contributed by atoms with Crippen LogP contribution in [0.25, 0.3) is 21.5 Å². The summed E-state index contributed by atoms with van der Waals surface area (Å²) in [7, 11) is 0. The van der Waals surface area contributed by atoms with Crippen molar-refractivity contribution in [2.75, 3.05) is 10.6 Å². The van der Waals surface area contributed by atoms with E-state index in [1.807, 2.05) is 31.3 Å². The summed E-state index contributed by atoms with van der Waals surface area (Å²) >= 11 is 1.63. The van der Waals surface area contributed by atoms with E-state index in [4.69, 9.17) is 4.98 Å². The van der Waals surface area contributed by atoms with Gasteiger partial charge in [0.25, 0.3) is 0 Å². The molecule has 1 saturated carbocycles. The molecule has 0 spiro atoms. The topological polar surface area (TPSA) is 95.9 Å². The van der Waals surface area contributed by atoms with Crippen molar-refractivity contribution >= 4 is 32.5 Å². The van der Waals surface area contributed by atoms with Crippen LogP contribution in [0, 0.1) is 6.92 Å². The standard InChI is InChI=1S/C24H26N6OS/c1-15-6-8-17(12-26-15)20-13-25-14-23(28-20)27-11-16-7-9-19-22(10-16)32-24(30-19)29-18-4-2-3-5-21(18)31/h6-10,12-14,18,21,31H,2-5,11H2,1H3,(H,27,28)(H,29,30)/t18?,21-/m1/s1. The van der Waals surface area contributed by atoms with Crippen molar-refractivity contribution in [1.29, 1.82) is 0 Å². The maximum Gasteiger partial charge on any atom is 0.184 e. The number of hydrogen-bond donors (Lipinski definition) is 3. The van der Waals surface area contributed by atoms with Gasteiger partial charge >= 0.3 is 0 Å². The highest BCUT2D eigenvalue weighted by molar-refractivity contribution is 7.22. The largest absolute Gasteiger partial charge is 0.391 e. The number of nitrogens with one attached hydrogen (secondary N) is 2. The molecule has 1 unspecified atom stereocenters. The minimum Gasteiger partial charge on any atom is -0.391 e. The van der Waals surface area contributed by atoms with Gasteiger partial charge < -0.3 is 15.7 Å². The zero-order valence-electron chi connectivity index (χ0n) is 18.0. The molecule has 1 fully saturated rings. The number of aliphatic hydroxyl groups excluding tert-OH is 1. The number of hydrogen-bond acceptors (Lipinski definition) is 8. The number of aryl methyl sites for hydroxylation is 1. The average Bonchev–Trinajstić information content (AvgIpc) is 3.21. The fourth-order valence-electron chi connectivity index (χ4n) is 3.98. The fourth-order valence-corrected chi connectivity index (χ4v) is 4.97. The van der Waals surface area contributed by atoms with Gasteiger partial charge in [-0.25, -0.2) is 9.97 Å². The number of benzene rings is 1. The molecule has 164 valence electrons. The van der Waals surface area contributed by atoms with Crippen molar-refractivity contribution in [1.82, 2.24) is 19.9 Å². The van der Waals surface area contributed by atoms with Crippen LogP contribution in [0.15, 0.2) is 48.9 Å². The molecule has 1 aliphatic carbocycles. The van der Waals surface area contributed by atoms with E-state index >= 15 is 0 Å². The molecule has 5 rings (SSSR count). The molecule has 3 N–H and O–H groups in total. The second-order valence-corrected chi connectivity index (χ2v) is 9.29. The van der Waals surface area contributed by atoms with Crippen LogP contribution in [-0.2, 0) is 6.54 Å². The summed E-state index contributed by atoms with van der Waals surface area (Å²) in [4.78, 5) is 18.0. The Balaban J connectivity index is 1.26. The molecule has 2 atom stereocenters. The van der Waals surface area contributed by atoms with E-state index < -0.39 is 0 Å². The molecule has 3 heterocycles. The molecule has 4 aromatic rings. The van der Waals surface area contributed by atoms with Crippen molar-refractivity contribution in [3.05, 3.63) is 60.2 Å². The zero-order chi connectivity index (χ0) is 21.9. The van der Waals surface area contributed by atoms with Crippen LogP contribution in [0.1, 0.15) is 36.9 Å². The number of aromatic nitrogens is 4. The summed E-state index contributed by atoms with van der Waals surface area (Å²) in [5.41, 5.74) is 4.83. The molecule has 3 aromatic heterocycles. The van der Waals surface area contributed by atoms with Gasteiger partial charge in [0, 0.05) is 24.0 Å². The van der Waals surface area contributed by atoms with Crippen molar-refractivity contribution in [2.45, 2.75) is 51.3 Å². The van der Waals surface area contributed by atoms with Crippen LogP contribution in [-0.4, -0.2) is 37.2 Å². The smallest absolute Gasteiger partial charge is 0.184 e. The van der Waals surface area contributed by atoms with Gasteiger partial charge in [-0.1, -0.05) is 30.2 Å². The van der Waals surface area contributed by atoms with Crippen LogP contribution in [0.2, 0.25) is 0 Å². The summed E-state index contributed by atoms with van der Waals surface area (Å²) in [6.45, 7) is 2.61. The van der Waals surface area contributed by atoms with Gasteiger partial charge in [0.15, 0.2) is 5.13 Å². The number of pyridine rings is 1. The lowest BCUT2D eigenvalue weighted by Gasteiger charge is -2.27. The highest BCUT2D eigenvalue weighted by Crippen LogP contribution is 2.30. The predicted octanol–water partition coefficient (Wildman–Crippen LogP) is 4.78. The summed E-state index contributed by atoms with van der Waals surface area (Å²) in [6.07, 6.45) is 9.12. The second kappa shape index (κ2) is 9.18. The highest BCUT2D eigenvalue weighted by atomic mass is 32.1. The van der Waals surface area contributed by atoms with E-state index in [1.54, 1.807) is 23.7 Å². The maximum absolute atomic E-state index is 10.2. The number of nitrogens with zero attached hydrogens (tertiary/aromatic N) is 4. The van der Waals surface area contributed by atoms with Gasteiger partial charge in [0.05, 0.1) is 40.5 Å². The molecule has 0 bridgehead atoms. The monoisotopic (exact) mass is 446 g/mol. The highest BCUT2D eigenvalue weighted by Gasteiger charge is 2.23. The number of anilines is 2. The van der Waals surface area contributed by atoms with Crippen LogP contribution >= 0.6 is 11.3 Å². The predicted molar refractivity (Wildman–Crippen MR) is 129 cm³/mol. The Bertz CT molecular complexity index is 1210. The minimum atomic E-state index is -0.289. The van der Waals surface area contributed by atoms with Crippen LogP contribution < -0.4 is 10.6 Å². The maximum atomic E-state index is 10.2. The Labute approximate surface area is 191 Å². The molecule has 0 radical (unpaired) electrons. The lowest BCUT2D eigenvalue weighted by atomic mass is 9.93.